The summed E-state index contributed by atoms with van der Waals surface area (Å²) in [5, 5.41) is 0. The number of rotatable bonds is 3. The summed E-state index contributed by atoms with van der Waals surface area (Å²) in [6, 6.07) is 4.38. The maximum atomic E-state index is 13.0. The van der Waals surface area contributed by atoms with Gasteiger partial charge in [0.15, 0.2) is 0 Å². The molecule has 3 heteroatoms. The van der Waals surface area contributed by atoms with Crippen molar-refractivity contribution in [3.8, 4) is 0 Å². The first-order chi connectivity index (χ1) is 8.61. The molecule has 0 radical (unpaired) electrons. The fraction of sp³-hybridized carbons (Fsp3) is 0.533. The topological polar surface area (TPSA) is 20.3 Å². The van der Waals surface area contributed by atoms with Crippen molar-refractivity contribution in [2.45, 2.75) is 33.1 Å². The maximum Gasteiger partial charge on any atom is 0.254 e. The summed E-state index contributed by atoms with van der Waals surface area (Å²) in [6.07, 6.45) is 3.45. The monoisotopic (exact) mass is 249 g/mol. The highest BCUT2D eigenvalue weighted by Crippen LogP contribution is 2.23. The Balaban J connectivity index is 2.08. The lowest BCUT2D eigenvalue weighted by Crippen LogP contribution is -2.29. The summed E-state index contributed by atoms with van der Waals surface area (Å²) in [6.45, 7) is 5.65. The fourth-order valence-electron chi connectivity index (χ4n) is 2.70. The smallest absolute Gasteiger partial charge is 0.254 e. The minimum absolute atomic E-state index is 0.0473. The van der Waals surface area contributed by atoms with Gasteiger partial charge in [0.25, 0.3) is 5.91 Å². The highest BCUT2D eigenvalue weighted by Gasteiger charge is 2.26. The van der Waals surface area contributed by atoms with Gasteiger partial charge < -0.3 is 4.90 Å². The van der Waals surface area contributed by atoms with Crippen LogP contribution in [0.3, 0.4) is 0 Å². The van der Waals surface area contributed by atoms with Crippen LogP contribution < -0.4 is 0 Å². The Morgan fingerprint density at radius 1 is 1.50 bits per heavy atom. The lowest BCUT2D eigenvalue weighted by atomic mass is 10.0. The number of halogens is 1. The molecule has 18 heavy (non-hydrogen) atoms. The average Bonchev–Trinajstić information content (AvgIpc) is 2.77. The molecule has 0 bridgehead atoms. The Kier molecular flexibility index (Phi) is 4.00. The molecule has 1 heterocycles. The molecular weight excluding hydrogens is 229 g/mol. The Bertz CT molecular complexity index is 444. The van der Waals surface area contributed by atoms with Crippen LogP contribution in [0.15, 0.2) is 18.2 Å². The molecule has 0 N–H and O–H groups in total. The molecule has 1 saturated heterocycles. The van der Waals surface area contributed by atoms with Crippen LogP contribution in [0, 0.1) is 18.7 Å². The number of likely N-dealkylation sites (tertiary alicyclic amines) is 1. The van der Waals surface area contributed by atoms with E-state index in [0.29, 0.717) is 11.5 Å². The van der Waals surface area contributed by atoms with E-state index in [9.17, 15) is 9.18 Å². The third-order valence-corrected chi connectivity index (χ3v) is 3.69. The molecule has 1 aliphatic heterocycles. The predicted octanol–water partition coefficient (Wildman–Crippen LogP) is 3.40. The van der Waals surface area contributed by atoms with Crippen molar-refractivity contribution in [3.63, 3.8) is 0 Å². The third kappa shape index (κ3) is 2.71. The predicted molar refractivity (Wildman–Crippen MR) is 70.1 cm³/mol. The molecular formula is C15H20FNO. The van der Waals surface area contributed by atoms with Crippen LogP contribution >= 0.6 is 0 Å². The van der Waals surface area contributed by atoms with Gasteiger partial charge >= 0.3 is 0 Å². The second kappa shape index (κ2) is 5.51. The van der Waals surface area contributed by atoms with Gasteiger partial charge in [-0.15, -0.1) is 0 Å². The fourth-order valence-corrected chi connectivity index (χ4v) is 2.70. The van der Waals surface area contributed by atoms with E-state index in [0.717, 1.165) is 25.1 Å². The normalized spacial score (nSPS) is 19.3. The van der Waals surface area contributed by atoms with Crippen molar-refractivity contribution in [1.82, 2.24) is 4.90 Å². The number of hydrogen-bond donors (Lipinski definition) is 0. The SMILES string of the molecule is CCCC1CCN(C(=O)c2ccc(F)cc2C)C1. The van der Waals surface area contributed by atoms with E-state index < -0.39 is 0 Å². The molecule has 1 aromatic carbocycles. The molecule has 1 unspecified atom stereocenters. The van der Waals surface area contributed by atoms with E-state index in [1.807, 2.05) is 4.90 Å². The summed E-state index contributed by atoms with van der Waals surface area (Å²) in [5.74, 6) is 0.403. The van der Waals surface area contributed by atoms with Crippen LogP contribution in [0.4, 0.5) is 4.39 Å². The summed E-state index contributed by atoms with van der Waals surface area (Å²) < 4.78 is 13.0. The van der Waals surface area contributed by atoms with E-state index in [2.05, 4.69) is 6.92 Å². The molecule has 2 nitrogen and oxygen atoms in total. The van der Waals surface area contributed by atoms with Crippen molar-refractivity contribution in [1.29, 1.82) is 0 Å². The molecule has 0 aliphatic carbocycles. The first-order valence-corrected chi connectivity index (χ1v) is 6.67. The summed E-state index contributed by atoms with van der Waals surface area (Å²) >= 11 is 0. The van der Waals surface area contributed by atoms with Crippen molar-refractivity contribution in [2.75, 3.05) is 13.1 Å². The number of carbonyl (C=O) groups is 1. The highest BCUT2D eigenvalue weighted by molar-refractivity contribution is 5.95. The van der Waals surface area contributed by atoms with Gasteiger partial charge in [-0.25, -0.2) is 4.39 Å². The van der Waals surface area contributed by atoms with E-state index in [1.54, 1.807) is 13.0 Å². The molecule has 0 saturated carbocycles. The zero-order valence-corrected chi connectivity index (χ0v) is 11.1. The van der Waals surface area contributed by atoms with Crippen LogP contribution in [0.2, 0.25) is 0 Å². The minimum atomic E-state index is -0.283. The largest absolute Gasteiger partial charge is 0.338 e. The average molecular weight is 249 g/mol. The highest BCUT2D eigenvalue weighted by atomic mass is 19.1. The molecule has 1 amide bonds. The Morgan fingerprint density at radius 2 is 2.28 bits per heavy atom. The van der Waals surface area contributed by atoms with Gasteiger partial charge in [0.05, 0.1) is 0 Å². The standard InChI is InChI=1S/C15H20FNO/c1-3-4-12-7-8-17(10-12)15(18)14-6-5-13(16)9-11(14)2/h5-6,9,12H,3-4,7-8,10H2,1-2H3. The Hall–Kier alpha value is -1.38. The number of nitrogens with zero attached hydrogens (tertiary/aromatic N) is 1. The molecule has 98 valence electrons. The lowest BCUT2D eigenvalue weighted by molar-refractivity contribution is 0.0785. The zero-order chi connectivity index (χ0) is 13.1. The second-order valence-electron chi connectivity index (χ2n) is 5.15. The second-order valence-corrected chi connectivity index (χ2v) is 5.15. The molecule has 1 aromatic rings. The number of hydrogen-bond acceptors (Lipinski definition) is 1. The van der Waals surface area contributed by atoms with Gasteiger partial charge in [-0.3, -0.25) is 4.79 Å². The molecule has 0 spiro atoms. The number of benzene rings is 1. The van der Waals surface area contributed by atoms with E-state index >= 15 is 0 Å². The van der Waals surface area contributed by atoms with Gasteiger partial charge in [-0.1, -0.05) is 13.3 Å². The van der Waals surface area contributed by atoms with E-state index in [4.69, 9.17) is 0 Å². The Morgan fingerprint density at radius 3 is 2.94 bits per heavy atom. The molecule has 2 rings (SSSR count). The van der Waals surface area contributed by atoms with E-state index in [-0.39, 0.29) is 11.7 Å². The number of aryl methyl sites for hydroxylation is 1. The maximum absolute atomic E-state index is 13.0. The van der Waals surface area contributed by atoms with Gasteiger partial charge in [0.2, 0.25) is 0 Å². The van der Waals surface area contributed by atoms with Crippen molar-refractivity contribution in [3.05, 3.63) is 35.1 Å². The number of amides is 1. The Labute approximate surface area is 108 Å². The van der Waals surface area contributed by atoms with Crippen LogP contribution in [0.5, 0.6) is 0 Å². The van der Waals surface area contributed by atoms with Crippen molar-refractivity contribution < 1.29 is 9.18 Å². The molecule has 1 atom stereocenters. The first-order valence-electron chi connectivity index (χ1n) is 6.67. The summed E-state index contributed by atoms with van der Waals surface area (Å²) in [7, 11) is 0. The van der Waals surface area contributed by atoms with E-state index in [1.165, 1.54) is 25.0 Å². The van der Waals surface area contributed by atoms with Crippen LogP contribution in [0.25, 0.3) is 0 Å². The van der Waals surface area contributed by atoms with Crippen LogP contribution in [-0.4, -0.2) is 23.9 Å². The molecule has 1 aliphatic rings. The van der Waals surface area contributed by atoms with Gasteiger partial charge in [0, 0.05) is 18.7 Å². The zero-order valence-electron chi connectivity index (χ0n) is 11.1. The number of carbonyl (C=O) groups excluding carboxylic acids is 1. The van der Waals surface area contributed by atoms with Gasteiger partial charge in [-0.05, 0) is 49.4 Å². The van der Waals surface area contributed by atoms with Crippen LogP contribution in [-0.2, 0) is 0 Å². The third-order valence-electron chi connectivity index (χ3n) is 3.69. The molecule has 1 fully saturated rings. The first kappa shape index (κ1) is 13.1. The van der Waals surface area contributed by atoms with Gasteiger partial charge in [-0.2, -0.15) is 0 Å². The molecule has 0 aromatic heterocycles. The van der Waals surface area contributed by atoms with Crippen LogP contribution in [0.1, 0.15) is 42.1 Å². The quantitative estimate of drug-likeness (QED) is 0.804. The summed E-state index contributed by atoms with van der Waals surface area (Å²) in [4.78, 5) is 14.2. The minimum Gasteiger partial charge on any atom is -0.338 e. The van der Waals surface area contributed by atoms with Gasteiger partial charge in [0.1, 0.15) is 5.82 Å². The lowest BCUT2D eigenvalue weighted by Gasteiger charge is -2.17. The van der Waals surface area contributed by atoms with Crippen molar-refractivity contribution >= 4 is 5.91 Å². The summed E-state index contributed by atoms with van der Waals surface area (Å²) in [5.41, 5.74) is 1.35. The van der Waals surface area contributed by atoms with Crippen molar-refractivity contribution in [2.24, 2.45) is 5.92 Å².